The van der Waals surface area contributed by atoms with Crippen LogP contribution in [0.4, 0.5) is 0 Å². The van der Waals surface area contributed by atoms with Crippen LogP contribution in [0, 0.1) is 6.92 Å². The van der Waals surface area contributed by atoms with Gasteiger partial charge in [0.15, 0.2) is 0 Å². The molecular formula is C10H19. The molecule has 0 rings (SSSR count). The average Bonchev–Trinajstić information content (AvgIpc) is 1.97. The highest BCUT2D eigenvalue weighted by atomic mass is 13.9. The fraction of sp³-hybridized carbons (Fsp3) is 0.700. The van der Waals surface area contributed by atoms with Gasteiger partial charge < -0.3 is 0 Å². The highest BCUT2D eigenvalue weighted by molar-refractivity contribution is 4.81. The predicted octanol–water partition coefficient (Wildman–Crippen LogP) is 3.74. The van der Waals surface area contributed by atoms with Crippen molar-refractivity contribution in [2.45, 2.75) is 45.4 Å². The van der Waals surface area contributed by atoms with Gasteiger partial charge in [0.1, 0.15) is 0 Å². The van der Waals surface area contributed by atoms with Crippen LogP contribution >= 0.6 is 0 Å². The van der Waals surface area contributed by atoms with E-state index in [1.54, 1.807) is 0 Å². The highest BCUT2D eigenvalue weighted by Crippen LogP contribution is 2.02. The van der Waals surface area contributed by atoms with E-state index in [4.69, 9.17) is 0 Å². The van der Waals surface area contributed by atoms with Gasteiger partial charge in [-0.3, -0.25) is 0 Å². The van der Waals surface area contributed by atoms with Crippen molar-refractivity contribution >= 4 is 0 Å². The van der Waals surface area contributed by atoms with Crippen LogP contribution in [-0.4, -0.2) is 0 Å². The zero-order valence-corrected chi connectivity index (χ0v) is 7.10. The number of rotatable bonds is 6. The Labute approximate surface area is 65.3 Å². The molecule has 10 heavy (non-hydrogen) atoms. The van der Waals surface area contributed by atoms with Crippen LogP contribution in [0.3, 0.4) is 0 Å². The van der Waals surface area contributed by atoms with Gasteiger partial charge in [-0.2, -0.15) is 0 Å². The topological polar surface area (TPSA) is 0 Å². The second-order valence-corrected chi connectivity index (χ2v) is 2.61. The van der Waals surface area contributed by atoms with E-state index in [2.05, 4.69) is 26.0 Å². The molecule has 0 aliphatic carbocycles. The molecule has 0 unspecified atom stereocenters. The lowest BCUT2D eigenvalue weighted by Gasteiger charge is -1.92. The smallest absolute Gasteiger partial charge is 0.0351 e. The zero-order chi connectivity index (χ0) is 7.66. The van der Waals surface area contributed by atoms with Crippen LogP contribution in [0.1, 0.15) is 45.4 Å². The Hall–Kier alpha value is -0.260. The molecule has 0 spiro atoms. The Balaban J connectivity index is 2.83. The molecule has 0 heterocycles. The number of unbranched alkanes of at least 4 members (excludes halogenated alkanes) is 4. The van der Waals surface area contributed by atoms with Crippen LogP contribution in [0.15, 0.2) is 12.2 Å². The molecule has 1 radical (unpaired) electrons. The molecule has 0 nitrogen and oxygen atoms in total. The number of hydrogen-bond acceptors (Lipinski definition) is 0. The largest absolute Gasteiger partial charge is 0.0885 e. The molecule has 0 aromatic rings. The lowest BCUT2D eigenvalue weighted by atomic mass is 10.1. The minimum Gasteiger partial charge on any atom is -0.0885 e. The molecule has 0 bridgehead atoms. The second-order valence-electron chi connectivity index (χ2n) is 2.61. The Morgan fingerprint density at radius 1 is 1.10 bits per heavy atom. The van der Waals surface area contributed by atoms with Crippen molar-refractivity contribution in [3.8, 4) is 0 Å². The van der Waals surface area contributed by atoms with Crippen molar-refractivity contribution in [3.05, 3.63) is 19.1 Å². The summed E-state index contributed by atoms with van der Waals surface area (Å²) in [6, 6.07) is 0. The van der Waals surface area contributed by atoms with Crippen molar-refractivity contribution in [1.29, 1.82) is 0 Å². The monoisotopic (exact) mass is 139 g/mol. The average molecular weight is 139 g/mol. The van der Waals surface area contributed by atoms with Crippen molar-refractivity contribution in [1.82, 2.24) is 0 Å². The van der Waals surface area contributed by atoms with E-state index >= 15 is 0 Å². The summed E-state index contributed by atoms with van der Waals surface area (Å²) in [7, 11) is 0. The minimum absolute atomic E-state index is 0.938. The Morgan fingerprint density at radius 2 is 1.90 bits per heavy atom. The first-order valence-electron chi connectivity index (χ1n) is 4.36. The molecule has 0 aromatic heterocycles. The summed E-state index contributed by atoms with van der Waals surface area (Å²) in [4.78, 5) is 0. The van der Waals surface area contributed by atoms with E-state index < -0.39 is 0 Å². The Bertz CT molecular complexity index is 72.1. The van der Waals surface area contributed by atoms with Gasteiger partial charge in [-0.15, -0.1) is 0 Å². The molecule has 0 saturated carbocycles. The van der Waals surface area contributed by atoms with Gasteiger partial charge in [-0.05, 0) is 26.2 Å². The first kappa shape index (κ1) is 9.74. The SMILES string of the molecule is [CH2]C/C=C\CCCCCC. The van der Waals surface area contributed by atoms with Crippen LogP contribution in [-0.2, 0) is 0 Å². The third-order valence-electron chi connectivity index (χ3n) is 1.56. The number of hydrogen-bond donors (Lipinski definition) is 0. The summed E-state index contributed by atoms with van der Waals surface area (Å²) in [6.45, 7) is 5.97. The second kappa shape index (κ2) is 8.74. The van der Waals surface area contributed by atoms with Crippen LogP contribution in [0.5, 0.6) is 0 Å². The fourth-order valence-electron chi connectivity index (χ4n) is 0.925. The van der Waals surface area contributed by atoms with Gasteiger partial charge in [0.25, 0.3) is 0 Å². The quantitative estimate of drug-likeness (QED) is 0.388. The highest BCUT2D eigenvalue weighted by Gasteiger charge is 1.82. The van der Waals surface area contributed by atoms with Crippen molar-refractivity contribution in [2.75, 3.05) is 0 Å². The molecule has 0 N–H and O–H groups in total. The molecule has 0 atom stereocenters. The zero-order valence-electron chi connectivity index (χ0n) is 7.10. The minimum atomic E-state index is 0.938. The van der Waals surface area contributed by atoms with Crippen molar-refractivity contribution in [2.24, 2.45) is 0 Å². The van der Waals surface area contributed by atoms with E-state index in [9.17, 15) is 0 Å². The van der Waals surface area contributed by atoms with E-state index in [1.165, 1.54) is 32.1 Å². The van der Waals surface area contributed by atoms with Gasteiger partial charge >= 0.3 is 0 Å². The third-order valence-corrected chi connectivity index (χ3v) is 1.56. The molecule has 0 amide bonds. The standard InChI is InChI=1S/C10H19/c1-3-5-7-9-10-8-6-4-2/h5,7H,1,3-4,6,8-10H2,2H3/b7-5-. The molecule has 0 fully saturated rings. The molecule has 0 aromatic carbocycles. The Morgan fingerprint density at radius 3 is 2.50 bits per heavy atom. The molecule has 59 valence electrons. The van der Waals surface area contributed by atoms with Crippen LogP contribution in [0.2, 0.25) is 0 Å². The molecule has 0 saturated heterocycles. The van der Waals surface area contributed by atoms with E-state index in [-0.39, 0.29) is 0 Å². The van der Waals surface area contributed by atoms with Gasteiger partial charge in [0.2, 0.25) is 0 Å². The summed E-state index contributed by atoms with van der Waals surface area (Å²) < 4.78 is 0. The third kappa shape index (κ3) is 7.74. The van der Waals surface area contributed by atoms with Gasteiger partial charge in [-0.1, -0.05) is 38.3 Å². The van der Waals surface area contributed by atoms with Gasteiger partial charge in [0, 0.05) is 0 Å². The van der Waals surface area contributed by atoms with Gasteiger partial charge in [-0.25, -0.2) is 0 Å². The van der Waals surface area contributed by atoms with E-state index in [1.807, 2.05) is 0 Å². The fourth-order valence-corrected chi connectivity index (χ4v) is 0.925. The summed E-state index contributed by atoms with van der Waals surface area (Å²) in [6.07, 6.45) is 12.0. The first-order chi connectivity index (χ1) is 4.91. The maximum absolute atomic E-state index is 3.73. The summed E-state index contributed by atoms with van der Waals surface area (Å²) >= 11 is 0. The summed E-state index contributed by atoms with van der Waals surface area (Å²) in [5, 5.41) is 0. The maximum atomic E-state index is 3.73. The van der Waals surface area contributed by atoms with Crippen molar-refractivity contribution in [3.63, 3.8) is 0 Å². The number of allylic oxidation sites excluding steroid dienone is 2. The molecule has 0 aliphatic rings. The predicted molar refractivity (Wildman–Crippen MR) is 47.9 cm³/mol. The van der Waals surface area contributed by atoms with Crippen LogP contribution < -0.4 is 0 Å². The molecular weight excluding hydrogens is 120 g/mol. The van der Waals surface area contributed by atoms with Crippen molar-refractivity contribution < 1.29 is 0 Å². The van der Waals surface area contributed by atoms with E-state index in [0.717, 1.165) is 6.42 Å². The summed E-state index contributed by atoms with van der Waals surface area (Å²) in [5.74, 6) is 0. The lowest BCUT2D eigenvalue weighted by Crippen LogP contribution is -1.73. The molecule has 0 heteroatoms. The summed E-state index contributed by atoms with van der Waals surface area (Å²) in [5.41, 5.74) is 0. The first-order valence-corrected chi connectivity index (χ1v) is 4.36. The maximum Gasteiger partial charge on any atom is -0.0351 e. The lowest BCUT2D eigenvalue weighted by molar-refractivity contribution is 0.674. The Kier molecular flexibility index (Phi) is 8.51. The van der Waals surface area contributed by atoms with Gasteiger partial charge in [0.05, 0.1) is 0 Å². The van der Waals surface area contributed by atoms with Crippen LogP contribution in [0.25, 0.3) is 0 Å². The molecule has 0 aliphatic heterocycles. The normalized spacial score (nSPS) is 11.0. The van der Waals surface area contributed by atoms with E-state index in [0.29, 0.717) is 0 Å².